The highest BCUT2D eigenvalue weighted by molar-refractivity contribution is 6.31. The number of halogens is 2. The Kier molecular flexibility index (Phi) is 5.49. The van der Waals surface area contributed by atoms with Crippen molar-refractivity contribution in [1.29, 1.82) is 0 Å². The monoisotopic (exact) mass is 444 g/mol. The van der Waals surface area contributed by atoms with E-state index in [2.05, 4.69) is 10.3 Å². The molecule has 1 unspecified atom stereocenters. The lowest BCUT2D eigenvalue weighted by Crippen LogP contribution is -2.61. The first-order chi connectivity index (χ1) is 14.4. The summed E-state index contributed by atoms with van der Waals surface area (Å²) in [6.07, 6.45) is 0. The largest absolute Gasteiger partial charge is 0.390 e. The highest BCUT2D eigenvalue weighted by Crippen LogP contribution is 2.21. The minimum Gasteiger partial charge on any atom is -0.270 e. The summed E-state index contributed by atoms with van der Waals surface area (Å²) >= 11 is 12.3. The second-order valence-electron chi connectivity index (χ2n) is 7.13. The summed E-state index contributed by atoms with van der Waals surface area (Å²) in [6.45, 7) is 0.846. The number of carbonyl (C=O) groups excluding carboxylic acids is 2. The van der Waals surface area contributed by atoms with Crippen LogP contribution in [-0.2, 0) is 17.9 Å². The summed E-state index contributed by atoms with van der Waals surface area (Å²) < 4.78 is 1.86. The van der Waals surface area contributed by atoms with Crippen molar-refractivity contribution in [2.75, 3.05) is 14.1 Å². The zero-order valence-corrected chi connectivity index (χ0v) is 18.0. The lowest BCUT2D eigenvalue weighted by atomic mass is 10.1. The van der Waals surface area contributed by atoms with Crippen molar-refractivity contribution in [2.24, 2.45) is 4.99 Å². The molecule has 2 aromatic carbocycles. The Balaban J connectivity index is 1.70. The molecule has 0 saturated carbocycles. The second-order valence-corrected chi connectivity index (χ2v) is 7.98. The predicted octanol–water partition coefficient (Wildman–Crippen LogP) is 2.96. The van der Waals surface area contributed by atoms with Gasteiger partial charge in [-0.25, -0.2) is 9.37 Å². The zero-order valence-electron chi connectivity index (χ0n) is 16.5. The summed E-state index contributed by atoms with van der Waals surface area (Å²) in [5.41, 5.74) is 1.86. The zero-order chi connectivity index (χ0) is 21.4. The van der Waals surface area contributed by atoms with E-state index in [1.54, 1.807) is 19.2 Å². The number of hydrogen-bond donors (Lipinski definition) is 1. The maximum Gasteiger partial charge on any atom is 0.390 e. The van der Waals surface area contributed by atoms with Gasteiger partial charge in [-0.2, -0.15) is 0 Å². The third-order valence-electron chi connectivity index (χ3n) is 5.19. The van der Waals surface area contributed by atoms with Gasteiger partial charge in [-0.1, -0.05) is 58.5 Å². The molecule has 0 spiro atoms. The first kappa shape index (κ1) is 20.4. The molecule has 1 fully saturated rings. The maximum atomic E-state index is 13.0. The molecule has 0 aliphatic carbocycles. The summed E-state index contributed by atoms with van der Waals surface area (Å²) in [7, 11) is 3.10. The molecular weight excluding hydrogens is 425 g/mol. The van der Waals surface area contributed by atoms with E-state index in [1.807, 2.05) is 41.0 Å². The highest BCUT2D eigenvalue weighted by atomic mass is 35.5. The molecule has 9 heteroatoms. The number of nitrogens with zero attached hydrogens (tertiary/aromatic N) is 4. The van der Waals surface area contributed by atoms with Gasteiger partial charge in [-0.3, -0.25) is 19.9 Å². The SMILES string of the molecule is CN1C(=O)C2C(=NC(NCc3ccccc3Cl)=[N+]2Cc2ccc(Cl)cc2)N(C)C1=O. The second kappa shape index (κ2) is 8.08. The number of aliphatic imine (C=N–C) groups is 1. The molecule has 1 N–H and O–H groups in total. The molecule has 0 radical (unpaired) electrons. The van der Waals surface area contributed by atoms with Crippen LogP contribution in [0.3, 0.4) is 0 Å². The minimum absolute atomic E-state index is 0.319. The van der Waals surface area contributed by atoms with Crippen LogP contribution < -0.4 is 5.32 Å². The number of rotatable bonds is 4. The van der Waals surface area contributed by atoms with Crippen LogP contribution in [0.15, 0.2) is 53.5 Å². The smallest absolute Gasteiger partial charge is 0.270 e. The number of urea groups is 1. The van der Waals surface area contributed by atoms with E-state index >= 15 is 0 Å². The van der Waals surface area contributed by atoms with Crippen LogP contribution in [0.5, 0.6) is 0 Å². The van der Waals surface area contributed by atoms with Crippen LogP contribution >= 0.6 is 23.2 Å². The molecule has 1 saturated heterocycles. The van der Waals surface area contributed by atoms with Gasteiger partial charge in [0.2, 0.25) is 11.9 Å². The number of amides is 3. The van der Waals surface area contributed by atoms with Gasteiger partial charge in [0, 0.05) is 29.7 Å². The van der Waals surface area contributed by atoms with Gasteiger partial charge in [-0.05, 0) is 23.8 Å². The standard InChI is InChI=1S/C21H19Cl2N5O2/c1-26-18-17(19(29)27(2)21(26)30)28(12-13-7-9-15(22)10-8-13)20(25-18)24-11-14-5-3-4-6-16(14)23/h3-10,17H,11-12H2,1-2H3/p+1. The molecule has 2 heterocycles. The van der Waals surface area contributed by atoms with Crippen molar-refractivity contribution in [2.45, 2.75) is 19.1 Å². The van der Waals surface area contributed by atoms with Gasteiger partial charge in [-0.15, -0.1) is 0 Å². The average molecular weight is 445 g/mol. The molecule has 154 valence electrons. The van der Waals surface area contributed by atoms with Gasteiger partial charge in [0.15, 0.2) is 0 Å². The average Bonchev–Trinajstić information content (AvgIpc) is 3.10. The van der Waals surface area contributed by atoms with Crippen LogP contribution in [0.25, 0.3) is 0 Å². The lowest BCUT2D eigenvalue weighted by molar-refractivity contribution is -0.553. The Morgan fingerprint density at radius 3 is 2.43 bits per heavy atom. The lowest BCUT2D eigenvalue weighted by Gasteiger charge is -2.31. The van der Waals surface area contributed by atoms with Gasteiger partial charge >= 0.3 is 12.0 Å². The summed E-state index contributed by atoms with van der Waals surface area (Å²) in [5, 5.41) is 4.56. The maximum absolute atomic E-state index is 13.0. The third kappa shape index (κ3) is 3.66. The van der Waals surface area contributed by atoms with Crippen molar-refractivity contribution >= 4 is 46.9 Å². The highest BCUT2D eigenvalue weighted by Gasteiger charge is 2.51. The van der Waals surface area contributed by atoms with Gasteiger partial charge in [0.05, 0.1) is 13.1 Å². The molecular formula is C21H20Cl2N5O2+. The number of imide groups is 1. The van der Waals surface area contributed by atoms with E-state index in [0.717, 1.165) is 16.0 Å². The van der Waals surface area contributed by atoms with Crippen LogP contribution in [0, 0.1) is 0 Å². The number of amidine groups is 1. The molecule has 2 aliphatic rings. The van der Waals surface area contributed by atoms with Crippen molar-refractivity contribution in [3.05, 3.63) is 69.7 Å². The minimum atomic E-state index is -0.692. The number of nitrogens with one attached hydrogen (secondary N) is 1. The Morgan fingerprint density at radius 2 is 1.73 bits per heavy atom. The number of hydrogen-bond acceptors (Lipinski definition) is 4. The van der Waals surface area contributed by atoms with Crippen molar-refractivity contribution < 1.29 is 14.2 Å². The van der Waals surface area contributed by atoms with Gasteiger partial charge in [0.25, 0.3) is 5.91 Å². The molecule has 2 aliphatic heterocycles. The van der Waals surface area contributed by atoms with E-state index in [4.69, 9.17) is 23.2 Å². The molecule has 7 nitrogen and oxygen atoms in total. The van der Waals surface area contributed by atoms with Gasteiger partial charge in [0.1, 0.15) is 0 Å². The number of guanidine groups is 1. The Labute approximate surface area is 184 Å². The predicted molar refractivity (Wildman–Crippen MR) is 116 cm³/mol. The van der Waals surface area contributed by atoms with E-state index in [0.29, 0.717) is 34.9 Å². The summed E-state index contributed by atoms with van der Waals surface area (Å²) in [6, 6.07) is 13.8. The normalized spacial score (nSPS) is 18.7. The van der Waals surface area contributed by atoms with Crippen LogP contribution in [0.2, 0.25) is 10.0 Å². The molecule has 30 heavy (non-hydrogen) atoms. The van der Waals surface area contributed by atoms with Crippen molar-refractivity contribution in [3.63, 3.8) is 0 Å². The first-order valence-electron chi connectivity index (χ1n) is 9.36. The quantitative estimate of drug-likeness (QED) is 0.736. The number of fused-ring (bicyclic) bond motifs is 1. The molecule has 2 aromatic rings. The fraction of sp³-hybridized carbons (Fsp3) is 0.238. The van der Waals surface area contributed by atoms with E-state index < -0.39 is 12.1 Å². The van der Waals surface area contributed by atoms with E-state index in [9.17, 15) is 9.59 Å². The molecule has 1 atom stereocenters. The summed E-state index contributed by atoms with van der Waals surface area (Å²) in [5.74, 6) is 0.590. The fourth-order valence-corrected chi connectivity index (χ4v) is 3.84. The van der Waals surface area contributed by atoms with Gasteiger partial charge < -0.3 is 0 Å². The summed E-state index contributed by atoms with van der Waals surface area (Å²) in [4.78, 5) is 32.5. The molecule has 0 aromatic heterocycles. The molecule has 4 rings (SSSR count). The number of likely N-dealkylation sites (N-methyl/N-ethyl adjacent to an activating group) is 2. The molecule has 0 bridgehead atoms. The molecule has 3 amide bonds. The Bertz CT molecular complexity index is 1080. The van der Waals surface area contributed by atoms with Crippen LogP contribution in [0.1, 0.15) is 11.1 Å². The Hall–Kier alpha value is -2.90. The topological polar surface area (TPSA) is 68.0 Å². The van der Waals surface area contributed by atoms with E-state index in [-0.39, 0.29) is 5.91 Å². The van der Waals surface area contributed by atoms with Crippen molar-refractivity contribution in [1.82, 2.24) is 15.1 Å². The van der Waals surface area contributed by atoms with Crippen molar-refractivity contribution in [3.8, 4) is 0 Å². The van der Waals surface area contributed by atoms with Crippen LogP contribution in [-0.4, -0.2) is 58.2 Å². The fourth-order valence-electron chi connectivity index (χ4n) is 3.51. The number of benzene rings is 2. The Morgan fingerprint density at radius 1 is 1.03 bits per heavy atom. The first-order valence-corrected chi connectivity index (χ1v) is 10.1. The van der Waals surface area contributed by atoms with E-state index in [1.165, 1.54) is 11.9 Å². The third-order valence-corrected chi connectivity index (χ3v) is 5.81. The van der Waals surface area contributed by atoms with Crippen LogP contribution in [0.4, 0.5) is 4.79 Å². The number of carbonyl (C=O) groups is 2.